The number of carbonyl (C=O) groups excluding carboxylic acids is 1. The Labute approximate surface area is 126 Å². The van der Waals surface area contributed by atoms with Crippen LogP contribution < -0.4 is 5.32 Å². The lowest BCUT2D eigenvalue weighted by Gasteiger charge is -2.22. The molecule has 1 aromatic rings. The molecule has 0 radical (unpaired) electrons. The zero-order valence-electron chi connectivity index (χ0n) is 12.3. The molecular weight excluding hydrogens is 264 g/mol. The van der Waals surface area contributed by atoms with Crippen molar-refractivity contribution < 1.29 is 9.53 Å². The zero-order valence-corrected chi connectivity index (χ0v) is 12.3. The Hall–Kier alpha value is -1.86. The van der Waals surface area contributed by atoms with Gasteiger partial charge in [0.1, 0.15) is 5.92 Å². The van der Waals surface area contributed by atoms with Crippen molar-refractivity contribution in [3.63, 3.8) is 0 Å². The Kier molecular flexibility index (Phi) is 6.23. The van der Waals surface area contributed by atoms with Crippen molar-refractivity contribution in [1.29, 1.82) is 5.26 Å². The number of benzene rings is 1. The molecule has 1 aromatic carbocycles. The quantitative estimate of drug-likeness (QED) is 0.873. The average molecular weight is 286 g/mol. The molecule has 1 saturated heterocycles. The Balaban J connectivity index is 1.74. The van der Waals surface area contributed by atoms with Crippen LogP contribution in [0.15, 0.2) is 30.3 Å². The van der Waals surface area contributed by atoms with Crippen molar-refractivity contribution in [3.8, 4) is 6.07 Å². The summed E-state index contributed by atoms with van der Waals surface area (Å²) < 4.78 is 5.63. The maximum Gasteiger partial charge on any atom is 0.237 e. The van der Waals surface area contributed by atoms with Gasteiger partial charge in [-0.25, -0.2) is 0 Å². The molecule has 2 atom stereocenters. The summed E-state index contributed by atoms with van der Waals surface area (Å²) in [6.07, 6.45) is 4.96. The van der Waals surface area contributed by atoms with E-state index >= 15 is 0 Å². The van der Waals surface area contributed by atoms with Crippen molar-refractivity contribution in [2.24, 2.45) is 5.92 Å². The fourth-order valence-corrected chi connectivity index (χ4v) is 2.56. The first kappa shape index (κ1) is 15.5. The third-order valence-corrected chi connectivity index (χ3v) is 3.79. The third kappa shape index (κ3) is 5.20. The fraction of sp³-hybridized carbons (Fsp3) is 0.529. The Bertz CT molecular complexity index is 475. The summed E-state index contributed by atoms with van der Waals surface area (Å²) in [5, 5.41) is 12.0. The van der Waals surface area contributed by atoms with E-state index in [0.29, 0.717) is 13.0 Å². The predicted molar refractivity (Wildman–Crippen MR) is 80.5 cm³/mol. The first-order valence-corrected chi connectivity index (χ1v) is 7.62. The highest BCUT2D eigenvalue weighted by atomic mass is 16.5. The second-order valence-corrected chi connectivity index (χ2v) is 5.44. The second kappa shape index (κ2) is 8.43. The van der Waals surface area contributed by atoms with E-state index in [0.717, 1.165) is 31.4 Å². The lowest BCUT2D eigenvalue weighted by Crippen LogP contribution is -2.34. The molecule has 0 aliphatic carbocycles. The first-order chi connectivity index (χ1) is 10.3. The van der Waals surface area contributed by atoms with Crippen LogP contribution in [0.2, 0.25) is 0 Å². The smallest absolute Gasteiger partial charge is 0.237 e. The Morgan fingerprint density at radius 3 is 2.86 bits per heavy atom. The van der Waals surface area contributed by atoms with Crippen molar-refractivity contribution in [2.45, 2.75) is 38.2 Å². The first-order valence-electron chi connectivity index (χ1n) is 7.62. The minimum absolute atomic E-state index is 0.183. The van der Waals surface area contributed by atoms with E-state index in [-0.39, 0.29) is 12.0 Å². The number of hydrogen-bond acceptors (Lipinski definition) is 3. The molecule has 1 amide bonds. The molecule has 21 heavy (non-hydrogen) atoms. The molecule has 4 nitrogen and oxygen atoms in total. The van der Waals surface area contributed by atoms with Gasteiger partial charge in [0.15, 0.2) is 0 Å². The van der Waals surface area contributed by atoms with Crippen LogP contribution in [0.25, 0.3) is 0 Å². The van der Waals surface area contributed by atoms with Gasteiger partial charge >= 0.3 is 0 Å². The normalized spacial score (nSPS) is 19.5. The third-order valence-electron chi connectivity index (χ3n) is 3.79. The van der Waals surface area contributed by atoms with Crippen LogP contribution in [-0.4, -0.2) is 25.2 Å². The van der Waals surface area contributed by atoms with Crippen LogP contribution >= 0.6 is 0 Å². The van der Waals surface area contributed by atoms with Crippen molar-refractivity contribution >= 4 is 5.91 Å². The van der Waals surface area contributed by atoms with E-state index in [1.807, 2.05) is 30.3 Å². The van der Waals surface area contributed by atoms with Crippen molar-refractivity contribution in [3.05, 3.63) is 35.9 Å². The summed E-state index contributed by atoms with van der Waals surface area (Å²) in [5.41, 5.74) is 1.01. The fourth-order valence-electron chi connectivity index (χ4n) is 2.56. The molecule has 1 aliphatic heterocycles. The number of nitrogens with zero attached hydrogens (tertiary/aromatic N) is 1. The van der Waals surface area contributed by atoms with E-state index < -0.39 is 5.92 Å². The van der Waals surface area contributed by atoms with E-state index in [9.17, 15) is 10.1 Å². The molecular formula is C17H22N2O2. The Morgan fingerprint density at radius 2 is 2.19 bits per heavy atom. The predicted octanol–water partition coefficient (Wildman–Crippen LogP) is 2.44. The van der Waals surface area contributed by atoms with E-state index in [4.69, 9.17) is 4.74 Å². The summed E-state index contributed by atoms with van der Waals surface area (Å²) >= 11 is 0. The maximum absolute atomic E-state index is 12.0. The van der Waals surface area contributed by atoms with Crippen molar-refractivity contribution in [1.82, 2.24) is 5.32 Å². The monoisotopic (exact) mass is 286 g/mol. The van der Waals surface area contributed by atoms with Gasteiger partial charge in [-0.1, -0.05) is 30.3 Å². The van der Waals surface area contributed by atoms with Crippen LogP contribution in [0.5, 0.6) is 0 Å². The molecule has 4 heteroatoms. The minimum atomic E-state index is -0.625. The number of nitriles is 1. The van der Waals surface area contributed by atoms with Crippen LogP contribution in [0.3, 0.4) is 0 Å². The van der Waals surface area contributed by atoms with Gasteiger partial charge in [0.2, 0.25) is 5.91 Å². The summed E-state index contributed by atoms with van der Waals surface area (Å²) in [5.74, 6) is -0.808. The van der Waals surface area contributed by atoms with Gasteiger partial charge in [-0.15, -0.1) is 0 Å². The molecule has 0 bridgehead atoms. The maximum atomic E-state index is 12.0. The lowest BCUT2D eigenvalue weighted by molar-refractivity contribution is -0.123. The number of amides is 1. The van der Waals surface area contributed by atoms with E-state index in [2.05, 4.69) is 11.4 Å². The van der Waals surface area contributed by atoms with E-state index in [1.54, 1.807) is 0 Å². The number of hydrogen-bond donors (Lipinski definition) is 1. The Morgan fingerprint density at radius 1 is 1.38 bits per heavy atom. The topological polar surface area (TPSA) is 62.1 Å². The van der Waals surface area contributed by atoms with Crippen LogP contribution in [-0.2, 0) is 16.0 Å². The SMILES string of the molecule is N#CC(Cc1ccccc1)C(=O)NCCC1CCCCO1. The van der Waals surface area contributed by atoms with E-state index in [1.165, 1.54) is 6.42 Å². The molecule has 112 valence electrons. The summed E-state index contributed by atoms with van der Waals surface area (Å²) in [6, 6.07) is 11.7. The average Bonchev–Trinajstić information content (AvgIpc) is 2.54. The van der Waals surface area contributed by atoms with Gasteiger partial charge in [-0.2, -0.15) is 5.26 Å². The molecule has 2 unspecified atom stereocenters. The molecule has 1 N–H and O–H groups in total. The summed E-state index contributed by atoms with van der Waals surface area (Å²) in [7, 11) is 0. The van der Waals surface area contributed by atoms with Gasteiger partial charge in [0.25, 0.3) is 0 Å². The number of carbonyl (C=O) groups is 1. The highest BCUT2D eigenvalue weighted by molar-refractivity contribution is 5.81. The van der Waals surface area contributed by atoms with Crippen LogP contribution in [0, 0.1) is 17.2 Å². The minimum Gasteiger partial charge on any atom is -0.378 e. The summed E-state index contributed by atoms with van der Waals surface area (Å²) in [4.78, 5) is 12.0. The van der Waals surface area contributed by atoms with Gasteiger partial charge in [0.05, 0.1) is 12.2 Å². The standard InChI is InChI=1S/C17H22N2O2/c18-13-15(12-14-6-2-1-3-7-14)17(20)19-10-9-16-8-4-5-11-21-16/h1-3,6-7,15-16H,4-5,8-12H2,(H,19,20). The molecule has 0 saturated carbocycles. The molecule has 1 heterocycles. The number of ether oxygens (including phenoxy) is 1. The lowest BCUT2D eigenvalue weighted by atomic mass is 10.00. The highest BCUT2D eigenvalue weighted by Crippen LogP contribution is 2.15. The molecule has 0 aromatic heterocycles. The van der Waals surface area contributed by atoms with Gasteiger partial charge in [-0.05, 0) is 37.7 Å². The summed E-state index contributed by atoms with van der Waals surface area (Å²) in [6.45, 7) is 1.41. The molecule has 1 aliphatic rings. The largest absolute Gasteiger partial charge is 0.378 e. The second-order valence-electron chi connectivity index (χ2n) is 5.44. The number of rotatable bonds is 6. The van der Waals surface area contributed by atoms with Gasteiger partial charge < -0.3 is 10.1 Å². The molecule has 1 fully saturated rings. The highest BCUT2D eigenvalue weighted by Gasteiger charge is 2.19. The number of nitrogens with one attached hydrogen (secondary N) is 1. The van der Waals surface area contributed by atoms with Gasteiger partial charge in [-0.3, -0.25) is 4.79 Å². The van der Waals surface area contributed by atoms with Gasteiger partial charge in [0, 0.05) is 13.2 Å². The van der Waals surface area contributed by atoms with Crippen LogP contribution in [0.4, 0.5) is 0 Å². The zero-order chi connectivity index (χ0) is 14.9. The van der Waals surface area contributed by atoms with Crippen LogP contribution in [0.1, 0.15) is 31.2 Å². The molecule has 0 spiro atoms. The molecule has 2 rings (SSSR count). The van der Waals surface area contributed by atoms with Crippen molar-refractivity contribution in [2.75, 3.05) is 13.2 Å².